The molecule has 106 valence electrons. The summed E-state index contributed by atoms with van der Waals surface area (Å²) in [5.41, 5.74) is 1.11. The van der Waals surface area contributed by atoms with Crippen molar-refractivity contribution in [1.82, 2.24) is 14.9 Å². The minimum absolute atomic E-state index is 0.499. The number of piperidine rings is 1. The van der Waals surface area contributed by atoms with Gasteiger partial charge < -0.3 is 15.5 Å². The zero-order valence-electron chi connectivity index (χ0n) is 12.4. The number of rotatable bonds is 4. The molecule has 2 N–H and O–H groups in total. The summed E-state index contributed by atoms with van der Waals surface area (Å²) in [6, 6.07) is 0.499. The molecule has 0 bridgehead atoms. The van der Waals surface area contributed by atoms with Crippen molar-refractivity contribution in [3.05, 3.63) is 11.9 Å². The van der Waals surface area contributed by atoms with E-state index in [1.165, 1.54) is 0 Å². The monoisotopic (exact) mass is 263 g/mol. The molecule has 0 spiro atoms. The van der Waals surface area contributed by atoms with Crippen molar-refractivity contribution in [3.63, 3.8) is 0 Å². The van der Waals surface area contributed by atoms with Crippen molar-refractivity contribution in [3.8, 4) is 0 Å². The number of nitrogens with one attached hydrogen (secondary N) is 2. The SMILES string of the molecule is CCNc1ncnc(NC2CCN(C)CC2C)c1C. The molecule has 0 aromatic carbocycles. The van der Waals surface area contributed by atoms with E-state index < -0.39 is 0 Å². The zero-order valence-corrected chi connectivity index (χ0v) is 12.4. The lowest BCUT2D eigenvalue weighted by Crippen LogP contribution is -2.43. The van der Waals surface area contributed by atoms with Crippen molar-refractivity contribution < 1.29 is 0 Å². The summed E-state index contributed by atoms with van der Waals surface area (Å²) >= 11 is 0. The average molecular weight is 263 g/mol. The lowest BCUT2D eigenvalue weighted by Gasteiger charge is -2.35. The Hall–Kier alpha value is -1.36. The first-order valence-corrected chi connectivity index (χ1v) is 7.12. The van der Waals surface area contributed by atoms with Gasteiger partial charge in [-0.05, 0) is 39.8 Å². The van der Waals surface area contributed by atoms with E-state index >= 15 is 0 Å². The van der Waals surface area contributed by atoms with E-state index in [2.05, 4.69) is 53.3 Å². The fourth-order valence-corrected chi connectivity index (χ4v) is 2.69. The molecule has 0 amide bonds. The number of nitrogens with zero attached hydrogens (tertiary/aromatic N) is 3. The second-order valence-corrected chi connectivity index (χ2v) is 5.51. The predicted molar refractivity (Wildman–Crippen MR) is 79.6 cm³/mol. The standard InChI is InChI=1S/C14H25N5/c1-5-15-13-11(3)14(17-9-16-13)18-12-6-7-19(4)8-10(12)2/h9-10,12H,5-8H2,1-4H3,(H2,15,16,17,18). The Balaban J connectivity index is 2.08. The number of aromatic nitrogens is 2. The number of anilines is 2. The second kappa shape index (κ2) is 6.19. The quantitative estimate of drug-likeness (QED) is 0.870. The molecule has 2 heterocycles. The van der Waals surface area contributed by atoms with Crippen LogP contribution in [0.15, 0.2) is 6.33 Å². The molecule has 1 aromatic rings. The van der Waals surface area contributed by atoms with Crippen LogP contribution in [0.4, 0.5) is 11.6 Å². The third kappa shape index (κ3) is 3.35. The Bertz CT molecular complexity index is 420. The maximum atomic E-state index is 4.39. The minimum Gasteiger partial charge on any atom is -0.370 e. The van der Waals surface area contributed by atoms with Crippen molar-refractivity contribution >= 4 is 11.6 Å². The van der Waals surface area contributed by atoms with Gasteiger partial charge in [0, 0.05) is 24.7 Å². The van der Waals surface area contributed by atoms with E-state index in [-0.39, 0.29) is 0 Å². The van der Waals surface area contributed by atoms with Crippen LogP contribution < -0.4 is 10.6 Å². The highest BCUT2D eigenvalue weighted by atomic mass is 15.1. The topological polar surface area (TPSA) is 53.1 Å². The van der Waals surface area contributed by atoms with Gasteiger partial charge in [0.05, 0.1) is 0 Å². The number of likely N-dealkylation sites (tertiary alicyclic amines) is 1. The Labute approximate surface area is 115 Å². The molecule has 1 aliphatic rings. The van der Waals surface area contributed by atoms with Gasteiger partial charge in [-0.2, -0.15) is 0 Å². The fraction of sp³-hybridized carbons (Fsp3) is 0.714. The van der Waals surface area contributed by atoms with Gasteiger partial charge in [0.25, 0.3) is 0 Å². The zero-order chi connectivity index (χ0) is 13.8. The van der Waals surface area contributed by atoms with E-state index in [4.69, 9.17) is 0 Å². The first-order chi connectivity index (χ1) is 9.11. The van der Waals surface area contributed by atoms with Crippen LogP contribution in [0.3, 0.4) is 0 Å². The third-order valence-corrected chi connectivity index (χ3v) is 3.86. The van der Waals surface area contributed by atoms with Gasteiger partial charge in [-0.25, -0.2) is 9.97 Å². The molecule has 1 saturated heterocycles. The molecular weight excluding hydrogens is 238 g/mol. The molecule has 2 rings (SSSR count). The molecular formula is C14H25N5. The fourth-order valence-electron chi connectivity index (χ4n) is 2.69. The van der Waals surface area contributed by atoms with Crippen LogP contribution in [0.1, 0.15) is 25.8 Å². The van der Waals surface area contributed by atoms with Crippen LogP contribution in [-0.2, 0) is 0 Å². The molecule has 5 heteroatoms. The molecule has 0 radical (unpaired) electrons. The van der Waals surface area contributed by atoms with Crippen LogP contribution >= 0.6 is 0 Å². The summed E-state index contributed by atoms with van der Waals surface area (Å²) < 4.78 is 0. The maximum Gasteiger partial charge on any atom is 0.134 e. The van der Waals surface area contributed by atoms with Crippen LogP contribution in [-0.4, -0.2) is 47.6 Å². The molecule has 19 heavy (non-hydrogen) atoms. The summed E-state index contributed by atoms with van der Waals surface area (Å²) in [6.45, 7) is 9.61. The van der Waals surface area contributed by atoms with Crippen LogP contribution in [0.5, 0.6) is 0 Å². The Morgan fingerprint density at radius 1 is 1.37 bits per heavy atom. The van der Waals surface area contributed by atoms with Gasteiger partial charge >= 0.3 is 0 Å². The average Bonchev–Trinajstić information content (AvgIpc) is 2.37. The van der Waals surface area contributed by atoms with Crippen molar-refractivity contribution in [2.45, 2.75) is 33.2 Å². The molecule has 2 unspecified atom stereocenters. The number of hydrogen-bond acceptors (Lipinski definition) is 5. The Kier molecular flexibility index (Phi) is 4.58. The summed E-state index contributed by atoms with van der Waals surface area (Å²) in [5, 5.41) is 6.87. The highest BCUT2D eigenvalue weighted by Crippen LogP contribution is 2.23. The van der Waals surface area contributed by atoms with E-state index in [0.29, 0.717) is 12.0 Å². The van der Waals surface area contributed by atoms with Gasteiger partial charge in [0.2, 0.25) is 0 Å². The van der Waals surface area contributed by atoms with E-state index in [1.807, 2.05) is 0 Å². The van der Waals surface area contributed by atoms with Crippen LogP contribution in [0, 0.1) is 12.8 Å². The molecule has 1 aromatic heterocycles. The van der Waals surface area contributed by atoms with Gasteiger partial charge in [-0.1, -0.05) is 6.92 Å². The highest BCUT2D eigenvalue weighted by molar-refractivity contribution is 5.56. The first-order valence-electron chi connectivity index (χ1n) is 7.12. The first kappa shape index (κ1) is 14.1. The largest absolute Gasteiger partial charge is 0.370 e. The minimum atomic E-state index is 0.499. The van der Waals surface area contributed by atoms with Crippen LogP contribution in [0.25, 0.3) is 0 Å². The van der Waals surface area contributed by atoms with Crippen molar-refractivity contribution in [2.24, 2.45) is 5.92 Å². The Morgan fingerprint density at radius 2 is 2.11 bits per heavy atom. The summed E-state index contributed by atoms with van der Waals surface area (Å²) in [7, 11) is 2.19. The predicted octanol–water partition coefficient (Wildman–Crippen LogP) is 1.97. The summed E-state index contributed by atoms with van der Waals surface area (Å²) in [5.74, 6) is 2.53. The van der Waals surface area contributed by atoms with Gasteiger partial charge in [0.15, 0.2) is 0 Å². The highest BCUT2D eigenvalue weighted by Gasteiger charge is 2.24. The lowest BCUT2D eigenvalue weighted by atomic mass is 9.94. The van der Waals surface area contributed by atoms with Crippen molar-refractivity contribution in [1.29, 1.82) is 0 Å². The van der Waals surface area contributed by atoms with Gasteiger partial charge in [-0.3, -0.25) is 0 Å². The molecule has 1 fully saturated rings. The van der Waals surface area contributed by atoms with Crippen molar-refractivity contribution in [2.75, 3.05) is 37.3 Å². The van der Waals surface area contributed by atoms with Crippen LogP contribution in [0.2, 0.25) is 0 Å². The summed E-state index contributed by atoms with van der Waals surface area (Å²) in [4.78, 5) is 11.1. The lowest BCUT2D eigenvalue weighted by molar-refractivity contribution is 0.206. The molecule has 1 aliphatic heterocycles. The van der Waals surface area contributed by atoms with E-state index in [9.17, 15) is 0 Å². The van der Waals surface area contributed by atoms with E-state index in [1.54, 1.807) is 6.33 Å². The Morgan fingerprint density at radius 3 is 2.79 bits per heavy atom. The van der Waals surface area contributed by atoms with E-state index in [0.717, 1.165) is 43.3 Å². The molecule has 2 atom stereocenters. The molecule has 5 nitrogen and oxygen atoms in total. The number of hydrogen-bond donors (Lipinski definition) is 2. The smallest absolute Gasteiger partial charge is 0.134 e. The van der Waals surface area contributed by atoms with Gasteiger partial charge in [-0.15, -0.1) is 0 Å². The second-order valence-electron chi connectivity index (χ2n) is 5.51. The third-order valence-electron chi connectivity index (χ3n) is 3.86. The molecule has 0 aliphatic carbocycles. The normalized spacial score (nSPS) is 24.2. The molecule has 0 saturated carbocycles. The maximum absolute atomic E-state index is 4.39. The van der Waals surface area contributed by atoms with Gasteiger partial charge in [0.1, 0.15) is 18.0 Å². The summed E-state index contributed by atoms with van der Waals surface area (Å²) in [6.07, 6.45) is 2.80.